The van der Waals surface area contributed by atoms with Crippen molar-refractivity contribution < 1.29 is 0 Å². The summed E-state index contributed by atoms with van der Waals surface area (Å²) in [7, 11) is 0. The lowest BCUT2D eigenvalue weighted by Crippen LogP contribution is -2.05. The van der Waals surface area contributed by atoms with Gasteiger partial charge in [0.2, 0.25) is 0 Å². The van der Waals surface area contributed by atoms with Gasteiger partial charge in [-0.15, -0.1) is 0 Å². The van der Waals surface area contributed by atoms with E-state index in [0.717, 1.165) is 17.1 Å². The molecule has 2 aromatic heterocycles. The fourth-order valence-corrected chi connectivity index (χ4v) is 1.22. The molecule has 78 valence electrons. The standard InChI is InChI=1S/C9H12N6/c1-6-9(12-3-2-11-6)13-4-7-5-14-15-8(7)10/h2-3,5H,4H2,1H3,(H,12,13)(H3,10,14,15). The van der Waals surface area contributed by atoms with Gasteiger partial charge in [-0.1, -0.05) is 0 Å². The smallest absolute Gasteiger partial charge is 0.147 e. The SMILES string of the molecule is Cc1nccnc1NCc1cn[nH]c1N. The molecular weight excluding hydrogens is 192 g/mol. The van der Waals surface area contributed by atoms with Crippen LogP contribution in [0.15, 0.2) is 18.6 Å². The summed E-state index contributed by atoms with van der Waals surface area (Å²) < 4.78 is 0. The van der Waals surface area contributed by atoms with Crippen LogP contribution < -0.4 is 11.1 Å². The second-order valence-electron chi connectivity index (χ2n) is 3.15. The van der Waals surface area contributed by atoms with Gasteiger partial charge in [-0.3, -0.25) is 10.1 Å². The molecule has 0 fully saturated rings. The molecule has 2 rings (SSSR count). The van der Waals surface area contributed by atoms with E-state index in [1.54, 1.807) is 18.6 Å². The Morgan fingerprint density at radius 2 is 2.20 bits per heavy atom. The number of H-pyrrole nitrogens is 1. The number of hydrogen-bond donors (Lipinski definition) is 3. The van der Waals surface area contributed by atoms with Crippen LogP contribution in [-0.4, -0.2) is 20.2 Å². The summed E-state index contributed by atoms with van der Waals surface area (Å²) in [6.45, 7) is 2.48. The number of nitrogens with zero attached hydrogens (tertiary/aromatic N) is 3. The highest BCUT2D eigenvalue weighted by molar-refractivity contribution is 5.43. The van der Waals surface area contributed by atoms with Crippen molar-refractivity contribution >= 4 is 11.6 Å². The average molecular weight is 204 g/mol. The number of rotatable bonds is 3. The molecule has 6 heteroatoms. The molecule has 0 bridgehead atoms. The van der Waals surface area contributed by atoms with Crippen molar-refractivity contribution in [2.45, 2.75) is 13.5 Å². The number of aromatic nitrogens is 4. The third kappa shape index (κ3) is 2.04. The summed E-state index contributed by atoms with van der Waals surface area (Å²) >= 11 is 0. The largest absolute Gasteiger partial charge is 0.384 e. The highest BCUT2D eigenvalue weighted by Crippen LogP contribution is 2.11. The van der Waals surface area contributed by atoms with Crippen molar-refractivity contribution in [3.63, 3.8) is 0 Å². The van der Waals surface area contributed by atoms with E-state index in [2.05, 4.69) is 25.5 Å². The second kappa shape index (κ2) is 3.95. The van der Waals surface area contributed by atoms with Crippen LogP contribution in [0.25, 0.3) is 0 Å². The maximum atomic E-state index is 5.65. The number of anilines is 2. The van der Waals surface area contributed by atoms with Gasteiger partial charge in [0.05, 0.1) is 11.9 Å². The third-order valence-corrected chi connectivity index (χ3v) is 2.08. The zero-order valence-corrected chi connectivity index (χ0v) is 8.36. The van der Waals surface area contributed by atoms with Crippen molar-refractivity contribution in [3.8, 4) is 0 Å². The Kier molecular flexibility index (Phi) is 2.49. The maximum absolute atomic E-state index is 5.65. The van der Waals surface area contributed by atoms with Gasteiger partial charge in [-0.25, -0.2) is 4.98 Å². The molecule has 0 aliphatic heterocycles. The van der Waals surface area contributed by atoms with Crippen LogP contribution in [0.3, 0.4) is 0 Å². The highest BCUT2D eigenvalue weighted by atomic mass is 15.1. The molecule has 2 heterocycles. The molecule has 0 spiro atoms. The van der Waals surface area contributed by atoms with Gasteiger partial charge in [-0.05, 0) is 6.92 Å². The molecule has 0 unspecified atom stereocenters. The fourth-order valence-electron chi connectivity index (χ4n) is 1.22. The summed E-state index contributed by atoms with van der Waals surface area (Å²) in [5.41, 5.74) is 7.43. The number of aryl methyl sites for hydroxylation is 1. The van der Waals surface area contributed by atoms with Gasteiger partial charge in [-0.2, -0.15) is 5.10 Å². The summed E-state index contributed by atoms with van der Waals surface area (Å²) in [6.07, 6.45) is 4.99. The Hall–Kier alpha value is -2.11. The number of nitrogens with one attached hydrogen (secondary N) is 2. The Bertz CT molecular complexity index is 449. The Labute approximate surface area is 86.9 Å². The second-order valence-corrected chi connectivity index (χ2v) is 3.15. The van der Waals surface area contributed by atoms with Crippen LogP contribution >= 0.6 is 0 Å². The first kappa shape index (κ1) is 9.45. The van der Waals surface area contributed by atoms with E-state index in [-0.39, 0.29) is 0 Å². The first-order chi connectivity index (χ1) is 7.27. The predicted molar refractivity (Wildman–Crippen MR) is 57.1 cm³/mol. The van der Waals surface area contributed by atoms with Crippen LogP contribution in [0, 0.1) is 6.92 Å². The molecule has 0 saturated heterocycles. The van der Waals surface area contributed by atoms with Crippen LogP contribution in [0.4, 0.5) is 11.6 Å². The first-order valence-electron chi connectivity index (χ1n) is 4.56. The molecule has 0 saturated carbocycles. The van der Waals surface area contributed by atoms with Crippen LogP contribution in [0.5, 0.6) is 0 Å². The van der Waals surface area contributed by atoms with E-state index in [9.17, 15) is 0 Å². The molecule has 15 heavy (non-hydrogen) atoms. The zero-order valence-electron chi connectivity index (χ0n) is 8.36. The van der Waals surface area contributed by atoms with Crippen molar-refractivity contribution in [2.24, 2.45) is 0 Å². The maximum Gasteiger partial charge on any atom is 0.147 e. The lowest BCUT2D eigenvalue weighted by molar-refractivity contribution is 1.05. The minimum atomic E-state index is 0.573. The van der Waals surface area contributed by atoms with Gasteiger partial charge >= 0.3 is 0 Å². The van der Waals surface area contributed by atoms with E-state index in [0.29, 0.717) is 12.4 Å². The van der Waals surface area contributed by atoms with Gasteiger partial charge in [0, 0.05) is 24.5 Å². The van der Waals surface area contributed by atoms with Gasteiger partial charge in [0.1, 0.15) is 11.6 Å². The van der Waals surface area contributed by atoms with Crippen molar-refractivity contribution in [2.75, 3.05) is 11.1 Å². The van der Waals surface area contributed by atoms with Gasteiger partial charge in [0.25, 0.3) is 0 Å². The minimum absolute atomic E-state index is 0.573. The van der Waals surface area contributed by atoms with Crippen molar-refractivity contribution in [1.82, 2.24) is 20.2 Å². The van der Waals surface area contributed by atoms with E-state index >= 15 is 0 Å². The number of aromatic amines is 1. The average Bonchev–Trinajstić information content (AvgIpc) is 2.63. The summed E-state index contributed by atoms with van der Waals surface area (Å²) in [5, 5.41) is 9.64. The first-order valence-corrected chi connectivity index (χ1v) is 4.56. The molecule has 0 amide bonds. The number of nitrogen functional groups attached to an aromatic ring is 1. The monoisotopic (exact) mass is 204 g/mol. The molecule has 6 nitrogen and oxygen atoms in total. The summed E-state index contributed by atoms with van der Waals surface area (Å²) in [4.78, 5) is 8.28. The number of hydrogen-bond acceptors (Lipinski definition) is 5. The van der Waals surface area contributed by atoms with E-state index in [1.165, 1.54) is 0 Å². The zero-order chi connectivity index (χ0) is 10.7. The topological polar surface area (TPSA) is 92.5 Å². The molecule has 0 aliphatic carbocycles. The quantitative estimate of drug-likeness (QED) is 0.684. The van der Waals surface area contributed by atoms with Crippen LogP contribution in [0.2, 0.25) is 0 Å². The van der Waals surface area contributed by atoms with Crippen LogP contribution in [-0.2, 0) is 6.54 Å². The normalized spacial score (nSPS) is 10.2. The molecular formula is C9H12N6. The van der Waals surface area contributed by atoms with Crippen LogP contribution in [0.1, 0.15) is 11.3 Å². The molecule has 0 aromatic carbocycles. The lowest BCUT2D eigenvalue weighted by atomic mass is 10.3. The van der Waals surface area contributed by atoms with Gasteiger partial charge < -0.3 is 11.1 Å². The van der Waals surface area contributed by atoms with Crippen molar-refractivity contribution in [3.05, 3.63) is 29.8 Å². The third-order valence-electron chi connectivity index (χ3n) is 2.08. The Morgan fingerprint density at radius 3 is 2.87 bits per heavy atom. The van der Waals surface area contributed by atoms with Crippen molar-refractivity contribution in [1.29, 1.82) is 0 Å². The summed E-state index contributed by atoms with van der Waals surface area (Å²) in [6, 6.07) is 0. The highest BCUT2D eigenvalue weighted by Gasteiger charge is 2.03. The molecule has 0 radical (unpaired) electrons. The lowest BCUT2D eigenvalue weighted by Gasteiger charge is -2.05. The van der Waals surface area contributed by atoms with E-state index in [1.807, 2.05) is 6.92 Å². The van der Waals surface area contributed by atoms with Gasteiger partial charge in [0.15, 0.2) is 0 Å². The molecule has 4 N–H and O–H groups in total. The molecule has 0 aliphatic rings. The molecule has 0 atom stereocenters. The van der Waals surface area contributed by atoms with E-state index < -0.39 is 0 Å². The minimum Gasteiger partial charge on any atom is -0.384 e. The number of nitrogens with two attached hydrogens (primary N) is 1. The Balaban J connectivity index is 2.06. The summed E-state index contributed by atoms with van der Waals surface area (Å²) in [5.74, 6) is 1.34. The van der Waals surface area contributed by atoms with E-state index in [4.69, 9.17) is 5.73 Å². The predicted octanol–water partition coefficient (Wildman–Crippen LogP) is 0.702. The Morgan fingerprint density at radius 1 is 1.40 bits per heavy atom. The molecule has 2 aromatic rings. The fraction of sp³-hybridized carbons (Fsp3) is 0.222.